The van der Waals surface area contributed by atoms with E-state index in [0.717, 1.165) is 24.8 Å². The van der Waals surface area contributed by atoms with Crippen LogP contribution in [-0.2, 0) is 23.8 Å². The molecule has 1 aliphatic carbocycles. The number of rotatable bonds is 5. The molecule has 0 aromatic carbocycles. The molecular formula is C17H24O5. The smallest absolute Gasteiger partial charge is 0.304 e. The van der Waals surface area contributed by atoms with E-state index in [-0.39, 0.29) is 35.8 Å². The summed E-state index contributed by atoms with van der Waals surface area (Å²) in [4.78, 5) is 23.7. The third-order valence-electron chi connectivity index (χ3n) is 4.98. The molecule has 0 spiro atoms. The molecule has 0 amide bonds. The largest absolute Gasteiger partial charge is 0.472 e. The van der Waals surface area contributed by atoms with Crippen molar-refractivity contribution in [1.29, 1.82) is 0 Å². The Kier molecular flexibility index (Phi) is 4.26. The molecule has 2 aliphatic heterocycles. The molecule has 0 N–H and O–H groups in total. The molecule has 5 unspecified atom stereocenters. The van der Waals surface area contributed by atoms with Gasteiger partial charge in [0.05, 0.1) is 6.26 Å². The monoisotopic (exact) mass is 308 g/mol. The fourth-order valence-corrected chi connectivity index (χ4v) is 3.92. The minimum absolute atomic E-state index is 0.132. The summed E-state index contributed by atoms with van der Waals surface area (Å²) in [7, 11) is 0. The van der Waals surface area contributed by atoms with E-state index in [1.807, 2.05) is 0 Å². The summed E-state index contributed by atoms with van der Waals surface area (Å²) in [5.41, 5.74) is 0.802. The lowest BCUT2D eigenvalue weighted by Crippen LogP contribution is -2.32. The topological polar surface area (TPSA) is 61.8 Å². The molecule has 0 aromatic heterocycles. The highest BCUT2D eigenvalue weighted by atomic mass is 16.8. The molecule has 122 valence electrons. The van der Waals surface area contributed by atoms with Crippen LogP contribution in [0.3, 0.4) is 0 Å². The van der Waals surface area contributed by atoms with Crippen LogP contribution in [0, 0.1) is 23.7 Å². The fraction of sp³-hybridized carbons (Fsp3) is 0.765. The Morgan fingerprint density at radius 2 is 2.14 bits per heavy atom. The normalized spacial score (nSPS) is 35.8. The maximum atomic E-state index is 12.5. The number of esters is 1. The Hall–Kier alpha value is -1.36. The van der Waals surface area contributed by atoms with E-state index in [1.165, 1.54) is 6.92 Å². The van der Waals surface area contributed by atoms with Crippen LogP contribution in [0.1, 0.15) is 46.5 Å². The predicted molar refractivity (Wildman–Crippen MR) is 78.4 cm³/mol. The molecule has 0 aromatic rings. The first kappa shape index (κ1) is 15.5. The van der Waals surface area contributed by atoms with Gasteiger partial charge >= 0.3 is 5.97 Å². The van der Waals surface area contributed by atoms with Gasteiger partial charge in [0, 0.05) is 30.8 Å². The quantitative estimate of drug-likeness (QED) is 0.731. The van der Waals surface area contributed by atoms with Gasteiger partial charge in [-0.05, 0) is 31.1 Å². The first-order valence-corrected chi connectivity index (χ1v) is 8.18. The Morgan fingerprint density at radius 1 is 1.36 bits per heavy atom. The highest BCUT2D eigenvalue weighted by Gasteiger charge is 2.57. The Morgan fingerprint density at radius 3 is 2.82 bits per heavy atom. The highest BCUT2D eigenvalue weighted by Crippen LogP contribution is 2.53. The molecule has 22 heavy (non-hydrogen) atoms. The first-order valence-electron chi connectivity index (χ1n) is 8.18. The van der Waals surface area contributed by atoms with Crippen molar-refractivity contribution < 1.29 is 23.8 Å². The second kappa shape index (κ2) is 6.03. The molecule has 2 fully saturated rings. The van der Waals surface area contributed by atoms with Gasteiger partial charge in [0.15, 0.2) is 5.78 Å². The van der Waals surface area contributed by atoms with E-state index in [2.05, 4.69) is 13.8 Å². The lowest BCUT2D eigenvalue weighted by atomic mass is 9.81. The van der Waals surface area contributed by atoms with Crippen LogP contribution < -0.4 is 0 Å². The lowest BCUT2D eigenvalue weighted by Gasteiger charge is -2.29. The Bertz CT molecular complexity index is 495. The number of ether oxygens (including phenoxy) is 3. The lowest BCUT2D eigenvalue weighted by molar-refractivity contribution is -0.208. The van der Waals surface area contributed by atoms with E-state index in [1.54, 1.807) is 6.26 Å². The van der Waals surface area contributed by atoms with E-state index in [4.69, 9.17) is 14.2 Å². The zero-order valence-corrected chi connectivity index (χ0v) is 13.4. The van der Waals surface area contributed by atoms with Gasteiger partial charge < -0.3 is 14.2 Å². The molecule has 1 saturated carbocycles. The number of carbonyl (C=O) groups is 2. The van der Waals surface area contributed by atoms with E-state index < -0.39 is 6.29 Å². The second-order valence-electron chi connectivity index (χ2n) is 6.97. The minimum Gasteiger partial charge on any atom is -0.472 e. The zero-order valence-electron chi connectivity index (χ0n) is 13.4. The van der Waals surface area contributed by atoms with Crippen molar-refractivity contribution in [2.24, 2.45) is 23.7 Å². The standard InChI is InChI=1S/C17H24O5/c1-9(2)4-7-14(19)13-8-20-17-15-11(13)5-6-12(15)16(22-17)21-10(3)18/h8-9,11-12,15-17H,4-7H2,1-3H3. The van der Waals surface area contributed by atoms with Gasteiger partial charge in [-0.25, -0.2) is 0 Å². The van der Waals surface area contributed by atoms with Crippen LogP contribution >= 0.6 is 0 Å². The van der Waals surface area contributed by atoms with Crippen molar-refractivity contribution in [3.05, 3.63) is 11.8 Å². The Labute approximate surface area is 131 Å². The van der Waals surface area contributed by atoms with Crippen LogP contribution in [0.25, 0.3) is 0 Å². The SMILES string of the molecule is CC(=O)OC1OC2OC=C(C(=O)CCC(C)C)C3CCC1C23. The van der Waals surface area contributed by atoms with Gasteiger partial charge in [-0.3, -0.25) is 9.59 Å². The predicted octanol–water partition coefficient (Wildman–Crippen LogP) is 2.79. The number of carbonyl (C=O) groups excluding carboxylic acids is 2. The molecular weight excluding hydrogens is 284 g/mol. The van der Waals surface area contributed by atoms with Crippen LogP contribution in [0.5, 0.6) is 0 Å². The first-order chi connectivity index (χ1) is 10.5. The summed E-state index contributed by atoms with van der Waals surface area (Å²) in [5, 5.41) is 0. The van der Waals surface area contributed by atoms with Crippen molar-refractivity contribution in [2.75, 3.05) is 0 Å². The maximum Gasteiger partial charge on any atom is 0.304 e. The van der Waals surface area contributed by atoms with E-state index >= 15 is 0 Å². The number of hydrogen-bond acceptors (Lipinski definition) is 5. The molecule has 0 radical (unpaired) electrons. The van der Waals surface area contributed by atoms with Crippen molar-refractivity contribution >= 4 is 11.8 Å². The van der Waals surface area contributed by atoms with Crippen molar-refractivity contribution in [2.45, 2.75) is 59.0 Å². The summed E-state index contributed by atoms with van der Waals surface area (Å²) in [5.74, 6) is 0.820. The summed E-state index contributed by atoms with van der Waals surface area (Å²) >= 11 is 0. The third kappa shape index (κ3) is 2.78. The summed E-state index contributed by atoms with van der Waals surface area (Å²) in [6, 6.07) is 0. The Balaban J connectivity index is 1.70. The van der Waals surface area contributed by atoms with E-state index in [9.17, 15) is 9.59 Å². The summed E-state index contributed by atoms with van der Waals surface area (Å²) < 4.78 is 16.6. The van der Waals surface area contributed by atoms with Crippen molar-refractivity contribution in [3.63, 3.8) is 0 Å². The third-order valence-corrected chi connectivity index (χ3v) is 4.98. The van der Waals surface area contributed by atoms with Crippen LogP contribution in [0.15, 0.2) is 11.8 Å². The minimum atomic E-state index is -0.531. The molecule has 5 nitrogen and oxygen atoms in total. The maximum absolute atomic E-state index is 12.5. The molecule has 3 rings (SSSR count). The molecule has 3 aliphatic rings. The van der Waals surface area contributed by atoms with Gasteiger partial charge in [-0.2, -0.15) is 0 Å². The van der Waals surface area contributed by atoms with Crippen molar-refractivity contribution in [3.8, 4) is 0 Å². The zero-order chi connectivity index (χ0) is 15.9. The molecule has 2 heterocycles. The number of ketones is 1. The van der Waals surface area contributed by atoms with Gasteiger partial charge in [-0.1, -0.05) is 13.8 Å². The highest BCUT2D eigenvalue weighted by molar-refractivity contribution is 5.95. The molecule has 5 heteroatoms. The molecule has 1 saturated heterocycles. The summed E-state index contributed by atoms with van der Waals surface area (Å²) in [6.45, 7) is 5.63. The van der Waals surface area contributed by atoms with Crippen LogP contribution in [0.4, 0.5) is 0 Å². The fourth-order valence-electron chi connectivity index (χ4n) is 3.92. The number of allylic oxidation sites excluding steroid dienone is 1. The van der Waals surface area contributed by atoms with Gasteiger partial charge in [0.25, 0.3) is 0 Å². The average Bonchev–Trinajstić information content (AvgIpc) is 3.02. The van der Waals surface area contributed by atoms with E-state index in [0.29, 0.717) is 12.3 Å². The molecule has 5 atom stereocenters. The number of hydrogen-bond donors (Lipinski definition) is 0. The van der Waals surface area contributed by atoms with Gasteiger partial charge in [-0.15, -0.1) is 0 Å². The van der Waals surface area contributed by atoms with Crippen LogP contribution in [0.2, 0.25) is 0 Å². The average molecular weight is 308 g/mol. The number of Topliss-reactive ketones (excluding diaryl/α,β-unsaturated/α-hetero) is 1. The van der Waals surface area contributed by atoms with Crippen molar-refractivity contribution in [1.82, 2.24) is 0 Å². The summed E-state index contributed by atoms with van der Waals surface area (Å²) in [6.07, 6.45) is 3.98. The van der Waals surface area contributed by atoms with Crippen LogP contribution in [-0.4, -0.2) is 24.3 Å². The second-order valence-corrected chi connectivity index (χ2v) is 6.97. The van der Waals surface area contributed by atoms with Gasteiger partial charge in [0.2, 0.25) is 12.6 Å². The van der Waals surface area contributed by atoms with Gasteiger partial charge in [0.1, 0.15) is 0 Å². The molecule has 0 bridgehead atoms.